The van der Waals surface area contributed by atoms with Crippen LogP contribution in [0.2, 0.25) is 0 Å². The Morgan fingerprint density at radius 2 is 2.22 bits per heavy atom. The standard InChI is InChI=1S/C9H16/c1-4-6-8-9(3)7-5-2/h5,7,9H,2-4,6,8H2,1H3. The second-order valence-corrected chi connectivity index (χ2v) is 2.33. The first-order valence-electron chi connectivity index (χ1n) is 3.60. The van der Waals surface area contributed by atoms with Gasteiger partial charge < -0.3 is 0 Å². The molecule has 0 aromatic heterocycles. The fraction of sp³-hybridized carbons (Fsp3) is 0.556. The van der Waals surface area contributed by atoms with Gasteiger partial charge in [-0.05, 0) is 26.2 Å². The van der Waals surface area contributed by atoms with Crippen LogP contribution in [0.15, 0.2) is 12.2 Å². The highest BCUT2D eigenvalue weighted by molar-refractivity contribution is 4.90. The van der Waals surface area contributed by atoms with Gasteiger partial charge in [0.15, 0.2) is 0 Å². The molecular formula is C9H16. The minimum Gasteiger partial charge on any atom is -0.0880 e. The Bertz CT molecular complexity index is 72.1. The van der Waals surface area contributed by atoms with Gasteiger partial charge in [-0.3, -0.25) is 0 Å². The van der Waals surface area contributed by atoms with E-state index in [-0.39, 0.29) is 0 Å². The molecule has 0 aliphatic carbocycles. The van der Waals surface area contributed by atoms with Gasteiger partial charge in [0.2, 0.25) is 0 Å². The lowest BCUT2D eigenvalue weighted by Gasteiger charge is -2.01. The van der Waals surface area contributed by atoms with E-state index in [0.29, 0.717) is 5.92 Å². The van der Waals surface area contributed by atoms with Gasteiger partial charge in [0.1, 0.15) is 0 Å². The summed E-state index contributed by atoms with van der Waals surface area (Å²) in [5.74, 6) is 0.474. The molecule has 0 spiro atoms. The van der Waals surface area contributed by atoms with E-state index in [2.05, 4.69) is 26.8 Å². The number of rotatable bonds is 4. The van der Waals surface area contributed by atoms with Crippen LogP contribution in [0.3, 0.4) is 0 Å². The third kappa shape index (κ3) is 5.61. The molecule has 1 atom stereocenters. The van der Waals surface area contributed by atoms with Crippen molar-refractivity contribution in [3.63, 3.8) is 0 Å². The molecule has 52 valence electrons. The Labute approximate surface area is 59.0 Å². The second kappa shape index (κ2) is 5.87. The van der Waals surface area contributed by atoms with Crippen LogP contribution in [0.5, 0.6) is 0 Å². The Kier molecular flexibility index (Phi) is 5.70. The summed E-state index contributed by atoms with van der Waals surface area (Å²) in [4.78, 5) is 0. The van der Waals surface area contributed by atoms with Crippen LogP contribution in [0.1, 0.15) is 26.2 Å². The van der Waals surface area contributed by atoms with Crippen molar-refractivity contribution in [3.8, 4) is 0 Å². The molecule has 0 amide bonds. The highest BCUT2D eigenvalue weighted by Gasteiger charge is 1.92. The molecule has 0 bridgehead atoms. The largest absolute Gasteiger partial charge is 0.0880 e. The summed E-state index contributed by atoms with van der Waals surface area (Å²) >= 11 is 0. The van der Waals surface area contributed by atoms with Gasteiger partial charge in [-0.25, -0.2) is 0 Å². The first-order chi connectivity index (χ1) is 4.31. The van der Waals surface area contributed by atoms with Gasteiger partial charge in [0, 0.05) is 0 Å². The van der Waals surface area contributed by atoms with Crippen molar-refractivity contribution in [1.82, 2.24) is 0 Å². The maximum Gasteiger partial charge on any atom is -0.0233 e. The molecule has 0 aromatic carbocycles. The van der Waals surface area contributed by atoms with E-state index >= 15 is 0 Å². The molecule has 0 heteroatoms. The molecule has 0 aliphatic heterocycles. The van der Waals surface area contributed by atoms with Crippen molar-refractivity contribution in [3.05, 3.63) is 26.0 Å². The topological polar surface area (TPSA) is 0 Å². The predicted octanol–water partition coefficient (Wildman–Crippen LogP) is 3.02. The van der Waals surface area contributed by atoms with Gasteiger partial charge >= 0.3 is 0 Å². The van der Waals surface area contributed by atoms with Crippen LogP contribution in [-0.4, -0.2) is 0 Å². The Balaban J connectivity index is 3.15. The van der Waals surface area contributed by atoms with Gasteiger partial charge in [-0.15, -0.1) is 0 Å². The smallest absolute Gasteiger partial charge is 0.0233 e. The van der Waals surface area contributed by atoms with Crippen LogP contribution < -0.4 is 0 Å². The van der Waals surface area contributed by atoms with Crippen LogP contribution in [0, 0.1) is 19.8 Å². The fourth-order valence-electron chi connectivity index (χ4n) is 0.755. The normalized spacial score (nSPS) is 14.6. The molecule has 9 heavy (non-hydrogen) atoms. The minimum absolute atomic E-state index is 0.474. The van der Waals surface area contributed by atoms with E-state index in [1.54, 1.807) is 0 Å². The monoisotopic (exact) mass is 124 g/mol. The Morgan fingerprint density at radius 1 is 1.56 bits per heavy atom. The van der Waals surface area contributed by atoms with Gasteiger partial charge in [0.05, 0.1) is 0 Å². The first-order valence-corrected chi connectivity index (χ1v) is 3.60. The summed E-state index contributed by atoms with van der Waals surface area (Å²) in [6.07, 6.45) is 7.61. The zero-order chi connectivity index (χ0) is 7.11. The number of hydrogen-bond donors (Lipinski definition) is 0. The quantitative estimate of drug-likeness (QED) is 0.540. The van der Waals surface area contributed by atoms with Gasteiger partial charge in [-0.2, -0.15) is 0 Å². The molecule has 0 saturated carbocycles. The van der Waals surface area contributed by atoms with E-state index in [4.69, 9.17) is 0 Å². The molecular weight excluding hydrogens is 108 g/mol. The molecule has 0 heterocycles. The van der Waals surface area contributed by atoms with Gasteiger partial charge in [-0.1, -0.05) is 31.9 Å². The first kappa shape index (κ1) is 8.74. The van der Waals surface area contributed by atoms with Crippen LogP contribution in [0.25, 0.3) is 0 Å². The molecule has 0 rings (SSSR count). The summed E-state index contributed by atoms with van der Waals surface area (Å²) < 4.78 is 0. The summed E-state index contributed by atoms with van der Waals surface area (Å²) in [7, 11) is 0. The third-order valence-electron chi connectivity index (χ3n) is 1.34. The van der Waals surface area contributed by atoms with Crippen molar-refractivity contribution in [2.24, 2.45) is 5.92 Å². The Morgan fingerprint density at radius 3 is 2.67 bits per heavy atom. The summed E-state index contributed by atoms with van der Waals surface area (Å²) in [6.45, 7) is 9.75. The summed E-state index contributed by atoms with van der Waals surface area (Å²) in [6, 6.07) is 0. The molecule has 0 nitrogen and oxygen atoms in total. The molecule has 2 radical (unpaired) electrons. The number of unbranched alkanes of at least 4 members (excludes halogenated alkanes) is 1. The van der Waals surface area contributed by atoms with Gasteiger partial charge in [0.25, 0.3) is 0 Å². The molecule has 0 fully saturated rings. The second-order valence-electron chi connectivity index (χ2n) is 2.33. The zero-order valence-electron chi connectivity index (χ0n) is 6.27. The van der Waals surface area contributed by atoms with E-state index in [1.165, 1.54) is 19.3 Å². The van der Waals surface area contributed by atoms with E-state index in [9.17, 15) is 0 Å². The van der Waals surface area contributed by atoms with E-state index in [0.717, 1.165) is 0 Å². The van der Waals surface area contributed by atoms with Crippen molar-refractivity contribution < 1.29 is 0 Å². The van der Waals surface area contributed by atoms with Crippen molar-refractivity contribution in [1.29, 1.82) is 0 Å². The highest BCUT2D eigenvalue weighted by Crippen LogP contribution is 2.07. The van der Waals surface area contributed by atoms with E-state index < -0.39 is 0 Å². The van der Waals surface area contributed by atoms with Crippen LogP contribution in [0.4, 0.5) is 0 Å². The maximum absolute atomic E-state index is 3.94. The number of hydrogen-bond acceptors (Lipinski definition) is 0. The highest BCUT2D eigenvalue weighted by atomic mass is 14.0. The minimum atomic E-state index is 0.474. The third-order valence-corrected chi connectivity index (χ3v) is 1.34. The molecule has 0 N–H and O–H groups in total. The van der Waals surface area contributed by atoms with Crippen molar-refractivity contribution in [2.75, 3.05) is 0 Å². The molecule has 0 aliphatic rings. The lowest BCUT2D eigenvalue weighted by atomic mass is 10.0. The predicted molar refractivity (Wildman–Crippen MR) is 42.9 cm³/mol. The Hall–Kier alpha value is -0.260. The van der Waals surface area contributed by atoms with Crippen LogP contribution in [-0.2, 0) is 0 Å². The lowest BCUT2D eigenvalue weighted by molar-refractivity contribution is 0.639. The lowest BCUT2D eigenvalue weighted by Crippen LogP contribution is -1.87. The summed E-state index contributed by atoms with van der Waals surface area (Å²) in [5.41, 5.74) is 0. The molecule has 0 aromatic rings. The fourth-order valence-corrected chi connectivity index (χ4v) is 0.755. The zero-order valence-corrected chi connectivity index (χ0v) is 6.27. The van der Waals surface area contributed by atoms with E-state index in [1.807, 2.05) is 6.08 Å². The van der Waals surface area contributed by atoms with Crippen molar-refractivity contribution >= 4 is 0 Å². The summed E-state index contributed by atoms with van der Waals surface area (Å²) in [5, 5.41) is 0. The average Bonchev–Trinajstić information content (AvgIpc) is 1.85. The average molecular weight is 124 g/mol. The SMILES string of the molecule is [CH2]C=CC([CH2])CCCC. The molecule has 0 saturated heterocycles. The number of allylic oxidation sites excluding steroid dienone is 2. The van der Waals surface area contributed by atoms with Crippen molar-refractivity contribution in [2.45, 2.75) is 26.2 Å². The van der Waals surface area contributed by atoms with Crippen LogP contribution >= 0.6 is 0 Å². The molecule has 1 unspecified atom stereocenters. The maximum atomic E-state index is 3.94.